The van der Waals surface area contributed by atoms with Gasteiger partial charge in [-0.1, -0.05) is 140 Å². The Morgan fingerprint density at radius 3 is 1.96 bits per heavy atom. The average molecular weight is 607 g/mol. The molecule has 224 valence electrons. The van der Waals surface area contributed by atoms with Crippen molar-refractivity contribution in [1.82, 2.24) is 0 Å². The lowest BCUT2D eigenvalue weighted by Gasteiger charge is -2.39. The van der Waals surface area contributed by atoms with Crippen LogP contribution in [0.5, 0.6) is 11.5 Å². The first-order chi connectivity index (χ1) is 23.1. The summed E-state index contributed by atoms with van der Waals surface area (Å²) in [5.41, 5.74) is 16.4. The van der Waals surface area contributed by atoms with Gasteiger partial charge in [-0.2, -0.15) is 0 Å². The minimum absolute atomic E-state index is 0.0266. The molecule has 47 heavy (non-hydrogen) atoms. The van der Waals surface area contributed by atoms with Crippen molar-refractivity contribution in [3.8, 4) is 33.8 Å². The molecule has 0 radical (unpaired) electrons. The number of rotatable bonds is 4. The zero-order valence-electron chi connectivity index (χ0n) is 25.5. The Morgan fingerprint density at radius 2 is 1.19 bits per heavy atom. The lowest BCUT2D eigenvalue weighted by molar-refractivity contribution is 0.199. The molecule has 1 atom stereocenters. The zero-order valence-corrected chi connectivity index (χ0v) is 25.5. The maximum atomic E-state index is 9.29. The Bertz CT molecular complexity index is 2320. The third-order valence-electron chi connectivity index (χ3n) is 9.69. The highest BCUT2D eigenvalue weighted by molar-refractivity contribution is 6.11. The number of benzene rings is 7. The number of hydrogen-bond acceptors (Lipinski definition) is 4. The summed E-state index contributed by atoms with van der Waals surface area (Å²) in [4.78, 5) is 0. The molecule has 1 spiro atoms. The van der Waals surface area contributed by atoms with Crippen molar-refractivity contribution in [2.75, 3.05) is 0 Å². The van der Waals surface area contributed by atoms with Gasteiger partial charge in [-0.25, -0.2) is 0 Å². The maximum absolute atomic E-state index is 9.29. The van der Waals surface area contributed by atoms with Gasteiger partial charge in [0.1, 0.15) is 11.5 Å². The van der Waals surface area contributed by atoms with Crippen LogP contribution in [0.15, 0.2) is 158 Å². The summed E-state index contributed by atoms with van der Waals surface area (Å²) >= 11 is 0. The van der Waals surface area contributed by atoms with Crippen LogP contribution in [-0.4, -0.2) is 5.90 Å². The van der Waals surface area contributed by atoms with E-state index in [0.29, 0.717) is 5.56 Å². The predicted molar refractivity (Wildman–Crippen MR) is 188 cm³/mol. The first kappa shape index (κ1) is 27.3. The molecule has 0 aromatic heterocycles. The van der Waals surface area contributed by atoms with Crippen molar-refractivity contribution >= 4 is 16.7 Å². The van der Waals surface area contributed by atoms with Crippen LogP contribution in [0.2, 0.25) is 0 Å². The molecule has 4 heteroatoms. The molecule has 1 aliphatic carbocycles. The van der Waals surface area contributed by atoms with Crippen LogP contribution in [0.25, 0.3) is 33.0 Å². The number of nitrogens with two attached hydrogens (primary N) is 1. The van der Waals surface area contributed by atoms with Crippen LogP contribution in [-0.2, 0) is 10.2 Å². The minimum atomic E-state index is -0.779. The van der Waals surface area contributed by atoms with E-state index in [9.17, 15) is 5.41 Å². The lowest BCUT2D eigenvalue weighted by atomic mass is 9.65. The molecule has 9 rings (SSSR count). The molecule has 0 saturated carbocycles. The van der Waals surface area contributed by atoms with Crippen molar-refractivity contribution in [2.45, 2.75) is 11.6 Å². The molecule has 7 aromatic rings. The van der Waals surface area contributed by atoms with Crippen LogP contribution >= 0.6 is 0 Å². The fourth-order valence-corrected chi connectivity index (χ4v) is 7.68. The van der Waals surface area contributed by atoms with Crippen molar-refractivity contribution in [1.29, 1.82) is 5.41 Å². The topological polar surface area (TPSA) is 68.3 Å². The van der Waals surface area contributed by atoms with E-state index in [2.05, 4.69) is 103 Å². The van der Waals surface area contributed by atoms with E-state index >= 15 is 0 Å². The van der Waals surface area contributed by atoms with E-state index in [1.54, 1.807) is 0 Å². The quantitative estimate of drug-likeness (QED) is 0.119. The molecule has 1 unspecified atom stereocenters. The third-order valence-corrected chi connectivity index (χ3v) is 9.69. The second-order valence-corrected chi connectivity index (χ2v) is 12.1. The standard InChI is InChI=1S/C43H30N2O2/c44-41(28-13-2-1-3-14-28)47-42(45)40-30-15-5-4-12-27(30)22-24-31(40)29-23-25-39-37(26-29)43(36-20-10-11-21-38(36)46-39)34-18-8-6-16-32(34)33-17-7-9-19-35(33)43/h1-26,41,45H,44H2. The molecule has 7 aromatic carbocycles. The van der Waals surface area contributed by atoms with E-state index in [1.165, 1.54) is 22.3 Å². The van der Waals surface area contributed by atoms with E-state index in [4.69, 9.17) is 15.2 Å². The van der Waals surface area contributed by atoms with E-state index in [1.807, 2.05) is 54.6 Å². The van der Waals surface area contributed by atoms with Gasteiger partial charge in [0.2, 0.25) is 5.90 Å². The molecule has 0 saturated heterocycles. The van der Waals surface area contributed by atoms with E-state index < -0.39 is 11.6 Å². The van der Waals surface area contributed by atoms with E-state index in [-0.39, 0.29) is 5.90 Å². The van der Waals surface area contributed by atoms with Crippen LogP contribution in [0.1, 0.15) is 39.6 Å². The summed E-state index contributed by atoms with van der Waals surface area (Å²) in [5.74, 6) is 1.70. The van der Waals surface area contributed by atoms with Crippen LogP contribution in [0.3, 0.4) is 0 Å². The molecule has 0 amide bonds. The van der Waals surface area contributed by atoms with Crippen molar-refractivity contribution in [3.63, 3.8) is 0 Å². The van der Waals surface area contributed by atoms with Gasteiger partial charge < -0.3 is 9.47 Å². The zero-order chi connectivity index (χ0) is 31.5. The highest BCUT2D eigenvalue weighted by atomic mass is 16.5. The summed E-state index contributed by atoms with van der Waals surface area (Å²) in [6.07, 6.45) is -0.779. The smallest absolute Gasteiger partial charge is 0.216 e. The van der Waals surface area contributed by atoms with Crippen LogP contribution < -0.4 is 10.5 Å². The summed E-state index contributed by atoms with van der Waals surface area (Å²) in [5, 5.41) is 11.3. The number of ether oxygens (including phenoxy) is 2. The summed E-state index contributed by atoms with van der Waals surface area (Å²) in [7, 11) is 0. The van der Waals surface area contributed by atoms with Gasteiger partial charge >= 0.3 is 0 Å². The normalized spacial score (nSPS) is 14.0. The highest BCUT2D eigenvalue weighted by Crippen LogP contribution is 2.62. The van der Waals surface area contributed by atoms with Gasteiger partial charge in [-0.15, -0.1) is 0 Å². The van der Waals surface area contributed by atoms with Gasteiger partial charge in [-0.3, -0.25) is 11.1 Å². The van der Waals surface area contributed by atoms with Gasteiger partial charge in [0.25, 0.3) is 0 Å². The second kappa shape index (κ2) is 10.5. The van der Waals surface area contributed by atoms with Crippen molar-refractivity contribution in [3.05, 3.63) is 191 Å². The Hall–Kier alpha value is -5.97. The van der Waals surface area contributed by atoms with Crippen LogP contribution in [0, 0.1) is 5.41 Å². The molecular weight excluding hydrogens is 576 g/mol. The highest BCUT2D eigenvalue weighted by Gasteiger charge is 2.51. The lowest BCUT2D eigenvalue weighted by Crippen LogP contribution is -2.32. The summed E-state index contributed by atoms with van der Waals surface area (Å²) in [6.45, 7) is 0. The van der Waals surface area contributed by atoms with Gasteiger partial charge in [-0.05, 0) is 62.4 Å². The van der Waals surface area contributed by atoms with Gasteiger partial charge in [0.15, 0.2) is 6.23 Å². The Morgan fingerprint density at radius 1 is 0.574 bits per heavy atom. The Labute approximate surface area is 273 Å². The molecule has 1 heterocycles. The van der Waals surface area contributed by atoms with Gasteiger partial charge in [0, 0.05) is 16.7 Å². The Balaban J connectivity index is 1.28. The molecule has 3 N–H and O–H groups in total. The fraction of sp³-hybridized carbons (Fsp3) is 0.0465. The molecule has 0 bridgehead atoms. The molecule has 1 aliphatic heterocycles. The first-order valence-electron chi connectivity index (χ1n) is 15.8. The van der Waals surface area contributed by atoms with E-state index in [0.717, 1.165) is 50.1 Å². The number of hydrogen-bond donors (Lipinski definition) is 2. The third kappa shape index (κ3) is 4.02. The number of para-hydroxylation sites is 1. The second-order valence-electron chi connectivity index (χ2n) is 12.1. The summed E-state index contributed by atoms with van der Waals surface area (Å²) in [6, 6.07) is 54.2. The molecule has 0 fully saturated rings. The Kier molecular flexibility index (Phi) is 6.14. The molecular formula is C43H30N2O2. The maximum Gasteiger partial charge on any atom is 0.216 e. The largest absolute Gasteiger partial charge is 0.457 e. The molecule has 4 nitrogen and oxygen atoms in total. The fourth-order valence-electron chi connectivity index (χ4n) is 7.68. The van der Waals surface area contributed by atoms with Gasteiger partial charge in [0.05, 0.1) is 11.0 Å². The van der Waals surface area contributed by atoms with Crippen LogP contribution in [0.4, 0.5) is 0 Å². The summed E-state index contributed by atoms with van der Waals surface area (Å²) < 4.78 is 12.8. The predicted octanol–water partition coefficient (Wildman–Crippen LogP) is 9.98. The SMILES string of the molecule is N=C(OC(N)c1ccccc1)c1c(-c2ccc3c(c2)C2(c4ccccc4O3)c3ccccc3-c3ccccc32)ccc2ccccc12. The first-order valence-corrected chi connectivity index (χ1v) is 15.8. The molecule has 2 aliphatic rings. The average Bonchev–Trinajstić information content (AvgIpc) is 3.42. The minimum Gasteiger partial charge on any atom is -0.457 e. The number of nitrogens with one attached hydrogen (secondary N) is 1. The number of fused-ring (bicyclic) bond motifs is 10. The van der Waals surface area contributed by atoms with Crippen molar-refractivity contribution in [2.24, 2.45) is 5.73 Å². The monoisotopic (exact) mass is 606 g/mol. The van der Waals surface area contributed by atoms with Crippen molar-refractivity contribution < 1.29 is 9.47 Å².